The number of benzene rings is 1. The Morgan fingerprint density at radius 1 is 1.36 bits per heavy atom. The fourth-order valence-corrected chi connectivity index (χ4v) is 3.48. The zero-order chi connectivity index (χ0) is 16.0. The van der Waals surface area contributed by atoms with E-state index in [9.17, 15) is 4.79 Å². The predicted octanol–water partition coefficient (Wildman–Crippen LogP) is 3.04. The smallest absolute Gasteiger partial charge is 0.338 e. The molecule has 6 heteroatoms. The van der Waals surface area contributed by atoms with Crippen LogP contribution in [0.15, 0.2) is 42.7 Å². The highest BCUT2D eigenvalue weighted by atomic mass is 127. The summed E-state index contributed by atoms with van der Waals surface area (Å²) in [7, 11) is 0. The van der Waals surface area contributed by atoms with E-state index in [4.69, 9.17) is 18.9 Å². The first-order chi connectivity index (χ1) is 10.4. The molecular weight excluding hydrogens is 399 g/mol. The van der Waals surface area contributed by atoms with Crippen molar-refractivity contribution < 1.29 is 23.7 Å². The summed E-state index contributed by atoms with van der Waals surface area (Å²) in [6.07, 6.45) is -1.22. The zero-order valence-electron chi connectivity index (χ0n) is 12.4. The number of hydrogen-bond acceptors (Lipinski definition) is 5. The van der Waals surface area contributed by atoms with Gasteiger partial charge in [0.15, 0.2) is 18.0 Å². The minimum absolute atomic E-state index is 0.349. The Morgan fingerprint density at radius 3 is 2.68 bits per heavy atom. The van der Waals surface area contributed by atoms with Gasteiger partial charge in [-0.2, -0.15) is 0 Å². The SMILES string of the molecule is C=C1O[C@@]2(CI)OC(C)(C)O[C@H]2[C@@H]1OC(=O)c1ccccc1. The Hall–Kier alpha value is -1.12. The third-order valence-corrected chi connectivity index (χ3v) is 4.65. The maximum atomic E-state index is 12.3. The maximum absolute atomic E-state index is 12.3. The van der Waals surface area contributed by atoms with Crippen LogP contribution < -0.4 is 0 Å². The summed E-state index contributed by atoms with van der Waals surface area (Å²) in [5.74, 6) is -1.84. The second kappa shape index (κ2) is 5.50. The second-order valence-corrected chi connectivity index (χ2v) is 6.51. The van der Waals surface area contributed by atoms with Gasteiger partial charge in [0.05, 0.1) is 9.99 Å². The van der Waals surface area contributed by atoms with E-state index in [2.05, 4.69) is 29.2 Å². The van der Waals surface area contributed by atoms with Crippen molar-refractivity contribution in [2.24, 2.45) is 0 Å². The van der Waals surface area contributed by atoms with Crippen LogP contribution in [0.4, 0.5) is 0 Å². The lowest BCUT2D eigenvalue weighted by Crippen LogP contribution is -2.43. The van der Waals surface area contributed by atoms with Crippen molar-refractivity contribution in [2.45, 2.75) is 37.6 Å². The highest BCUT2D eigenvalue weighted by Crippen LogP contribution is 2.48. The lowest BCUT2D eigenvalue weighted by Gasteiger charge is -2.25. The number of halogens is 1. The van der Waals surface area contributed by atoms with Crippen LogP contribution in [0.3, 0.4) is 0 Å². The molecule has 5 nitrogen and oxygen atoms in total. The molecule has 0 saturated carbocycles. The van der Waals surface area contributed by atoms with Crippen LogP contribution in [0.5, 0.6) is 0 Å². The Kier molecular flexibility index (Phi) is 3.94. The molecule has 3 atom stereocenters. The van der Waals surface area contributed by atoms with E-state index in [1.54, 1.807) is 24.3 Å². The number of esters is 1. The summed E-state index contributed by atoms with van der Waals surface area (Å²) in [6, 6.07) is 8.80. The minimum Gasteiger partial charge on any atom is -0.459 e. The fourth-order valence-electron chi connectivity index (χ4n) is 2.73. The van der Waals surface area contributed by atoms with E-state index in [1.165, 1.54) is 0 Å². The van der Waals surface area contributed by atoms with Gasteiger partial charge in [-0.25, -0.2) is 4.79 Å². The third kappa shape index (κ3) is 2.63. The molecule has 2 aliphatic heterocycles. The van der Waals surface area contributed by atoms with Crippen LogP contribution >= 0.6 is 22.6 Å². The van der Waals surface area contributed by atoms with E-state index < -0.39 is 29.8 Å². The van der Waals surface area contributed by atoms with E-state index in [0.29, 0.717) is 15.8 Å². The molecule has 1 aromatic rings. The van der Waals surface area contributed by atoms with Crippen molar-refractivity contribution in [2.75, 3.05) is 4.43 Å². The molecule has 2 aliphatic rings. The third-order valence-electron chi connectivity index (χ3n) is 3.59. The summed E-state index contributed by atoms with van der Waals surface area (Å²) in [6.45, 7) is 7.46. The van der Waals surface area contributed by atoms with E-state index >= 15 is 0 Å². The summed E-state index contributed by atoms with van der Waals surface area (Å²) in [5.41, 5.74) is 0.473. The lowest BCUT2D eigenvalue weighted by molar-refractivity contribution is -0.223. The Morgan fingerprint density at radius 2 is 2.05 bits per heavy atom. The Labute approximate surface area is 142 Å². The zero-order valence-corrected chi connectivity index (χ0v) is 14.5. The average Bonchev–Trinajstić information content (AvgIpc) is 2.88. The van der Waals surface area contributed by atoms with Crippen LogP contribution in [0.1, 0.15) is 24.2 Å². The monoisotopic (exact) mass is 416 g/mol. The molecule has 1 aromatic carbocycles. The van der Waals surface area contributed by atoms with E-state index in [-0.39, 0.29) is 0 Å². The molecule has 0 spiro atoms. The Bertz CT molecular complexity index is 600. The summed E-state index contributed by atoms with van der Waals surface area (Å²) in [4.78, 5) is 12.3. The molecule has 118 valence electrons. The highest BCUT2D eigenvalue weighted by molar-refractivity contribution is 14.1. The van der Waals surface area contributed by atoms with Crippen molar-refractivity contribution in [1.29, 1.82) is 0 Å². The number of fused-ring (bicyclic) bond motifs is 1. The summed E-state index contributed by atoms with van der Waals surface area (Å²) >= 11 is 2.17. The van der Waals surface area contributed by atoms with Crippen LogP contribution in [-0.2, 0) is 18.9 Å². The molecule has 2 heterocycles. The van der Waals surface area contributed by atoms with Crippen molar-refractivity contribution in [3.8, 4) is 0 Å². The molecule has 22 heavy (non-hydrogen) atoms. The van der Waals surface area contributed by atoms with Crippen molar-refractivity contribution in [3.05, 3.63) is 48.2 Å². The number of carbonyl (C=O) groups is 1. The van der Waals surface area contributed by atoms with Gasteiger partial charge in [-0.3, -0.25) is 0 Å². The molecule has 0 aromatic heterocycles. The van der Waals surface area contributed by atoms with E-state index in [1.807, 2.05) is 19.9 Å². The molecule has 0 amide bonds. The molecule has 2 fully saturated rings. The average molecular weight is 416 g/mol. The molecular formula is C16H17IO5. The second-order valence-electron chi connectivity index (χ2n) is 5.75. The molecule has 0 bridgehead atoms. The van der Waals surface area contributed by atoms with Gasteiger partial charge < -0.3 is 18.9 Å². The topological polar surface area (TPSA) is 54.0 Å². The quantitative estimate of drug-likeness (QED) is 0.431. The first-order valence-corrected chi connectivity index (χ1v) is 8.47. The molecule has 2 saturated heterocycles. The van der Waals surface area contributed by atoms with Crippen LogP contribution in [0, 0.1) is 0 Å². The number of ether oxygens (including phenoxy) is 4. The standard InChI is InChI=1S/C16H17IO5/c1-10-12(19-14(18)11-7-5-4-6-8-11)13-16(9-17,20-10)22-15(2,3)21-13/h4-8,12-13H,1,9H2,2-3H3/t12-,13+,16+/m1/s1. The molecule has 0 unspecified atom stereocenters. The largest absolute Gasteiger partial charge is 0.459 e. The number of rotatable bonds is 3. The van der Waals surface area contributed by atoms with Gasteiger partial charge in [0.2, 0.25) is 0 Å². The lowest BCUT2D eigenvalue weighted by atomic mass is 10.1. The van der Waals surface area contributed by atoms with Gasteiger partial charge in [0.1, 0.15) is 5.76 Å². The molecule has 0 aliphatic carbocycles. The van der Waals surface area contributed by atoms with Gasteiger partial charge in [-0.15, -0.1) is 0 Å². The molecule has 0 radical (unpaired) electrons. The molecule has 0 N–H and O–H groups in total. The number of carbonyl (C=O) groups excluding carboxylic acids is 1. The number of alkyl halides is 1. The van der Waals surface area contributed by atoms with Gasteiger partial charge >= 0.3 is 5.97 Å². The highest BCUT2D eigenvalue weighted by Gasteiger charge is 2.64. The predicted molar refractivity (Wildman–Crippen MR) is 87.5 cm³/mol. The van der Waals surface area contributed by atoms with Crippen molar-refractivity contribution in [1.82, 2.24) is 0 Å². The van der Waals surface area contributed by atoms with Crippen molar-refractivity contribution >= 4 is 28.6 Å². The summed E-state index contributed by atoms with van der Waals surface area (Å²) in [5, 5.41) is 0. The van der Waals surface area contributed by atoms with Crippen molar-refractivity contribution in [3.63, 3.8) is 0 Å². The van der Waals surface area contributed by atoms with Crippen LogP contribution in [0.25, 0.3) is 0 Å². The van der Waals surface area contributed by atoms with Gasteiger partial charge in [-0.1, -0.05) is 47.4 Å². The summed E-state index contributed by atoms with van der Waals surface area (Å²) < 4.78 is 23.7. The minimum atomic E-state index is -0.956. The van der Waals surface area contributed by atoms with E-state index in [0.717, 1.165) is 0 Å². The fraction of sp³-hybridized carbons (Fsp3) is 0.438. The normalized spacial score (nSPS) is 32.4. The first-order valence-electron chi connectivity index (χ1n) is 6.95. The molecule has 3 rings (SSSR count). The van der Waals surface area contributed by atoms with Crippen LogP contribution in [-0.4, -0.2) is 34.2 Å². The number of hydrogen-bond donors (Lipinski definition) is 0. The van der Waals surface area contributed by atoms with Gasteiger partial charge in [0, 0.05) is 0 Å². The Balaban J connectivity index is 1.82. The van der Waals surface area contributed by atoms with Gasteiger partial charge in [0.25, 0.3) is 5.79 Å². The first kappa shape index (κ1) is 15.8. The van der Waals surface area contributed by atoms with Gasteiger partial charge in [-0.05, 0) is 26.0 Å². The maximum Gasteiger partial charge on any atom is 0.338 e. The van der Waals surface area contributed by atoms with Crippen LogP contribution in [0.2, 0.25) is 0 Å².